The van der Waals surface area contributed by atoms with E-state index in [1.165, 1.54) is 16.7 Å². The van der Waals surface area contributed by atoms with Crippen LogP contribution in [0.15, 0.2) is 71.7 Å². The molecule has 0 spiro atoms. The fourth-order valence-corrected chi connectivity index (χ4v) is 4.48. The van der Waals surface area contributed by atoms with Crippen LogP contribution in [0.4, 0.5) is 0 Å². The van der Waals surface area contributed by atoms with Crippen molar-refractivity contribution in [1.82, 2.24) is 10.2 Å². The molecule has 0 aliphatic carbocycles. The van der Waals surface area contributed by atoms with E-state index in [2.05, 4.69) is 81.9 Å². The Labute approximate surface area is 197 Å². The summed E-state index contributed by atoms with van der Waals surface area (Å²) in [6, 6.07) is 21.6. The lowest BCUT2D eigenvalue weighted by Crippen LogP contribution is -2.50. The van der Waals surface area contributed by atoms with Gasteiger partial charge in [0.15, 0.2) is 5.96 Å². The molecule has 0 amide bonds. The number of nitrogens with one attached hydrogen (secondary N) is 1. The maximum atomic E-state index is 5.67. The molecule has 4 nitrogen and oxygen atoms in total. The summed E-state index contributed by atoms with van der Waals surface area (Å²) in [7, 11) is 1.89. The Hall–Kier alpha value is -1.86. The second-order valence-corrected chi connectivity index (χ2v) is 7.95. The number of ether oxygens (including phenoxy) is 1. The van der Waals surface area contributed by atoms with Gasteiger partial charge in [0.25, 0.3) is 0 Å². The van der Waals surface area contributed by atoms with Crippen LogP contribution in [0, 0.1) is 0 Å². The lowest BCUT2D eigenvalue weighted by molar-refractivity contribution is 0.0512. The maximum Gasteiger partial charge on any atom is 0.193 e. The molecule has 0 atom stereocenters. The average Bonchev–Trinajstić information content (AvgIpc) is 2.82. The van der Waals surface area contributed by atoms with Gasteiger partial charge in [-0.3, -0.25) is 4.99 Å². The second-order valence-electron chi connectivity index (χ2n) is 7.95. The van der Waals surface area contributed by atoms with Crippen molar-refractivity contribution < 1.29 is 4.74 Å². The van der Waals surface area contributed by atoms with E-state index in [4.69, 9.17) is 4.74 Å². The molecule has 1 fully saturated rings. The number of guanidine groups is 1. The third-order valence-electron chi connectivity index (χ3n) is 6.29. The van der Waals surface area contributed by atoms with Crippen molar-refractivity contribution in [2.24, 2.45) is 4.99 Å². The molecule has 1 N–H and O–H groups in total. The standard InChI is InChI=1S/C25H31N3O.HI/c1-26-24(28-16-12-22(13-17-28)21-8-4-2-5-9-21)27-20-25(14-18-29-19-15-25)23-10-6-3-7-11-23;/h2-12H,13-20H2,1H3,(H,26,27);1H. The number of halogens is 1. The number of aliphatic imine (C=N–C) groups is 1. The quantitative estimate of drug-likeness (QED) is 0.363. The molecular weight excluding hydrogens is 485 g/mol. The van der Waals surface area contributed by atoms with E-state index in [0.717, 1.165) is 58.1 Å². The summed E-state index contributed by atoms with van der Waals surface area (Å²) in [5, 5.41) is 3.69. The maximum absolute atomic E-state index is 5.67. The number of hydrogen-bond donors (Lipinski definition) is 1. The molecule has 2 aromatic carbocycles. The highest BCUT2D eigenvalue weighted by Gasteiger charge is 2.35. The minimum absolute atomic E-state index is 0. The van der Waals surface area contributed by atoms with Gasteiger partial charge in [0.2, 0.25) is 0 Å². The zero-order valence-corrected chi connectivity index (χ0v) is 20.0. The van der Waals surface area contributed by atoms with Crippen molar-refractivity contribution in [1.29, 1.82) is 0 Å². The number of rotatable bonds is 4. The Bertz CT molecular complexity index is 845. The van der Waals surface area contributed by atoms with Crippen molar-refractivity contribution in [3.8, 4) is 0 Å². The first-order chi connectivity index (χ1) is 14.3. The molecule has 5 heteroatoms. The lowest BCUT2D eigenvalue weighted by Gasteiger charge is -2.39. The van der Waals surface area contributed by atoms with E-state index in [-0.39, 0.29) is 29.4 Å². The normalized spacial score (nSPS) is 18.9. The van der Waals surface area contributed by atoms with Gasteiger partial charge in [-0.1, -0.05) is 66.7 Å². The monoisotopic (exact) mass is 517 g/mol. The molecule has 0 bridgehead atoms. The molecule has 160 valence electrons. The van der Waals surface area contributed by atoms with Crippen LogP contribution < -0.4 is 5.32 Å². The minimum atomic E-state index is 0. The highest BCUT2D eigenvalue weighted by atomic mass is 127. The predicted molar refractivity (Wildman–Crippen MR) is 136 cm³/mol. The number of benzene rings is 2. The summed E-state index contributed by atoms with van der Waals surface area (Å²) >= 11 is 0. The van der Waals surface area contributed by atoms with Crippen LogP contribution >= 0.6 is 24.0 Å². The van der Waals surface area contributed by atoms with E-state index < -0.39 is 0 Å². The van der Waals surface area contributed by atoms with Crippen molar-refractivity contribution in [3.05, 3.63) is 77.9 Å². The van der Waals surface area contributed by atoms with Crippen molar-refractivity contribution in [2.45, 2.75) is 24.7 Å². The Morgan fingerprint density at radius 2 is 1.70 bits per heavy atom. The van der Waals surface area contributed by atoms with Crippen LogP contribution in [0.5, 0.6) is 0 Å². The fourth-order valence-electron chi connectivity index (χ4n) is 4.48. The average molecular weight is 517 g/mol. The Kier molecular flexibility index (Phi) is 8.33. The van der Waals surface area contributed by atoms with Crippen LogP contribution in [0.3, 0.4) is 0 Å². The first-order valence-electron chi connectivity index (χ1n) is 10.6. The topological polar surface area (TPSA) is 36.9 Å². The predicted octanol–water partition coefficient (Wildman–Crippen LogP) is 4.72. The van der Waals surface area contributed by atoms with E-state index in [1.807, 2.05) is 7.05 Å². The van der Waals surface area contributed by atoms with Gasteiger partial charge in [-0.15, -0.1) is 24.0 Å². The lowest BCUT2D eigenvalue weighted by atomic mass is 9.74. The minimum Gasteiger partial charge on any atom is -0.381 e. The smallest absolute Gasteiger partial charge is 0.193 e. The van der Waals surface area contributed by atoms with Gasteiger partial charge in [-0.25, -0.2) is 0 Å². The summed E-state index contributed by atoms with van der Waals surface area (Å²) in [5.74, 6) is 0.996. The Balaban J connectivity index is 0.00000256. The summed E-state index contributed by atoms with van der Waals surface area (Å²) in [4.78, 5) is 6.94. The zero-order valence-electron chi connectivity index (χ0n) is 17.7. The largest absolute Gasteiger partial charge is 0.381 e. The molecule has 2 heterocycles. The van der Waals surface area contributed by atoms with Gasteiger partial charge in [-0.05, 0) is 36.0 Å². The highest BCUT2D eigenvalue weighted by Crippen LogP contribution is 2.34. The molecule has 30 heavy (non-hydrogen) atoms. The molecule has 0 radical (unpaired) electrons. The van der Waals surface area contributed by atoms with Crippen LogP contribution in [0.1, 0.15) is 30.4 Å². The van der Waals surface area contributed by atoms with Gasteiger partial charge >= 0.3 is 0 Å². The molecule has 1 saturated heterocycles. The number of nitrogens with zero attached hydrogens (tertiary/aromatic N) is 2. The van der Waals surface area contributed by atoms with E-state index in [9.17, 15) is 0 Å². The second kappa shape index (κ2) is 11.0. The van der Waals surface area contributed by atoms with Crippen LogP contribution in [0.2, 0.25) is 0 Å². The molecule has 0 aromatic heterocycles. The molecule has 0 saturated carbocycles. The summed E-state index contributed by atoms with van der Waals surface area (Å²) in [5.41, 5.74) is 4.27. The van der Waals surface area contributed by atoms with E-state index in [1.54, 1.807) is 0 Å². The molecule has 2 aliphatic rings. The van der Waals surface area contributed by atoms with Gasteiger partial charge in [0.1, 0.15) is 0 Å². The first-order valence-corrected chi connectivity index (χ1v) is 10.6. The van der Waals surface area contributed by atoms with Crippen LogP contribution in [-0.2, 0) is 10.2 Å². The summed E-state index contributed by atoms with van der Waals surface area (Å²) in [6.07, 6.45) is 5.47. The van der Waals surface area contributed by atoms with Crippen LogP contribution in [-0.4, -0.2) is 50.8 Å². The van der Waals surface area contributed by atoms with Gasteiger partial charge in [0.05, 0.1) is 0 Å². The van der Waals surface area contributed by atoms with Gasteiger partial charge in [0, 0.05) is 45.3 Å². The van der Waals surface area contributed by atoms with Crippen molar-refractivity contribution >= 4 is 35.5 Å². The third kappa shape index (κ3) is 5.24. The molecule has 2 aliphatic heterocycles. The first kappa shape index (κ1) is 22.8. The highest BCUT2D eigenvalue weighted by molar-refractivity contribution is 14.0. The zero-order chi connectivity index (χ0) is 19.9. The Morgan fingerprint density at radius 3 is 2.30 bits per heavy atom. The molecule has 4 rings (SSSR count). The summed E-state index contributed by atoms with van der Waals surface area (Å²) in [6.45, 7) is 4.41. The van der Waals surface area contributed by atoms with Gasteiger partial charge in [-0.2, -0.15) is 0 Å². The van der Waals surface area contributed by atoms with Crippen LogP contribution in [0.25, 0.3) is 5.57 Å². The van der Waals surface area contributed by atoms with Crippen molar-refractivity contribution in [3.63, 3.8) is 0 Å². The van der Waals surface area contributed by atoms with E-state index >= 15 is 0 Å². The molecule has 0 unspecified atom stereocenters. The van der Waals surface area contributed by atoms with Gasteiger partial charge < -0.3 is 15.0 Å². The summed E-state index contributed by atoms with van der Waals surface area (Å²) < 4.78 is 5.67. The third-order valence-corrected chi connectivity index (χ3v) is 6.29. The molecular formula is C25H32IN3O. The molecule has 2 aromatic rings. The SMILES string of the molecule is CN=C(NCC1(c2ccccc2)CCOCC1)N1CC=C(c2ccccc2)CC1.I. The Morgan fingerprint density at radius 1 is 1.03 bits per heavy atom. The van der Waals surface area contributed by atoms with E-state index in [0.29, 0.717) is 0 Å². The van der Waals surface area contributed by atoms with Crippen molar-refractivity contribution in [2.75, 3.05) is 39.9 Å². The number of hydrogen-bond acceptors (Lipinski definition) is 2. The fraction of sp³-hybridized carbons (Fsp3) is 0.400.